The summed E-state index contributed by atoms with van der Waals surface area (Å²) in [4.78, 5) is 27.6. The lowest BCUT2D eigenvalue weighted by atomic mass is 10.2. The Morgan fingerprint density at radius 3 is 2.62 bits per heavy atom. The number of amides is 2. The van der Waals surface area contributed by atoms with Crippen molar-refractivity contribution >= 4 is 23.4 Å². The molecule has 11 heteroatoms. The number of carbonyl (C=O) groups is 2. The molecule has 0 aliphatic carbocycles. The topological polar surface area (TPSA) is 80.3 Å². The minimum atomic E-state index is -4.51. The van der Waals surface area contributed by atoms with Crippen LogP contribution in [-0.4, -0.2) is 36.1 Å². The van der Waals surface area contributed by atoms with Gasteiger partial charge in [0.25, 0.3) is 5.91 Å². The van der Waals surface area contributed by atoms with Gasteiger partial charge in [-0.15, -0.1) is 0 Å². The summed E-state index contributed by atoms with van der Waals surface area (Å²) < 4.78 is 54.4. The van der Waals surface area contributed by atoms with Crippen LogP contribution < -0.4 is 15.4 Å². The maximum atomic E-state index is 13.0. The van der Waals surface area contributed by atoms with E-state index < -0.39 is 30.4 Å². The number of alkyl halides is 3. The number of hydrogen-bond donors (Lipinski definition) is 2. The fourth-order valence-corrected chi connectivity index (χ4v) is 2.43. The van der Waals surface area contributed by atoms with Gasteiger partial charge in [-0.3, -0.25) is 9.59 Å². The Morgan fingerprint density at radius 1 is 1.17 bits per heavy atom. The summed E-state index contributed by atoms with van der Waals surface area (Å²) >= 11 is 5.78. The molecule has 1 heterocycles. The Kier molecular flexibility index (Phi) is 7.77. The average molecular weight is 434 g/mol. The Balaban J connectivity index is 1.79. The molecule has 2 rings (SSSR count). The van der Waals surface area contributed by atoms with Crippen LogP contribution in [0.1, 0.15) is 22.3 Å². The molecule has 156 valence electrons. The first-order valence-corrected chi connectivity index (χ1v) is 8.67. The normalized spacial score (nSPS) is 11.1. The third-order valence-corrected chi connectivity index (χ3v) is 3.82. The fourth-order valence-electron chi connectivity index (χ4n) is 2.18. The highest BCUT2D eigenvalue weighted by Gasteiger charge is 2.29. The van der Waals surface area contributed by atoms with E-state index in [0.717, 1.165) is 12.1 Å². The van der Waals surface area contributed by atoms with Crippen molar-refractivity contribution in [3.05, 3.63) is 58.5 Å². The number of hydrogen-bond acceptors (Lipinski definition) is 4. The molecular weight excluding hydrogens is 418 g/mol. The lowest BCUT2D eigenvalue weighted by Gasteiger charge is -2.12. The number of pyridine rings is 1. The highest BCUT2D eigenvalue weighted by Crippen LogP contribution is 2.20. The number of benzene rings is 1. The minimum Gasteiger partial charge on any atom is -0.468 e. The van der Waals surface area contributed by atoms with E-state index in [9.17, 15) is 27.2 Å². The van der Waals surface area contributed by atoms with E-state index in [1.54, 1.807) is 0 Å². The number of carbonyl (C=O) groups excluding carboxylic acids is 2. The van der Waals surface area contributed by atoms with E-state index in [4.69, 9.17) is 11.6 Å². The first kappa shape index (κ1) is 22.4. The van der Waals surface area contributed by atoms with E-state index in [2.05, 4.69) is 20.4 Å². The maximum absolute atomic E-state index is 13.0. The lowest BCUT2D eigenvalue weighted by Crippen LogP contribution is -2.30. The average Bonchev–Trinajstić information content (AvgIpc) is 2.64. The molecule has 2 amide bonds. The first-order chi connectivity index (χ1) is 13.7. The fraction of sp³-hybridized carbons (Fsp3) is 0.278. The van der Waals surface area contributed by atoms with E-state index in [0.29, 0.717) is 0 Å². The molecule has 0 fully saturated rings. The Hall–Kier alpha value is -2.88. The van der Waals surface area contributed by atoms with Crippen LogP contribution in [0.4, 0.5) is 17.6 Å². The predicted molar refractivity (Wildman–Crippen MR) is 96.0 cm³/mol. The largest absolute Gasteiger partial charge is 0.468 e. The zero-order valence-electron chi connectivity index (χ0n) is 14.9. The monoisotopic (exact) mass is 433 g/mol. The number of rotatable bonds is 8. The molecule has 0 bridgehead atoms. The van der Waals surface area contributed by atoms with Gasteiger partial charge in [-0.1, -0.05) is 17.7 Å². The smallest absolute Gasteiger partial charge is 0.422 e. The summed E-state index contributed by atoms with van der Waals surface area (Å²) in [6, 6.07) is 6.26. The van der Waals surface area contributed by atoms with Gasteiger partial charge in [-0.2, -0.15) is 13.2 Å². The van der Waals surface area contributed by atoms with Crippen LogP contribution in [0.2, 0.25) is 5.02 Å². The van der Waals surface area contributed by atoms with E-state index in [1.807, 2.05) is 0 Å². The van der Waals surface area contributed by atoms with Crippen LogP contribution in [0.3, 0.4) is 0 Å². The standard InChI is InChI=1S/C18H16ClF4N3O3/c19-14-8-12(20)3-4-13(14)16(28)24-7-5-15(27)26-9-11-2-1-6-25-17(11)29-10-18(21,22)23/h1-4,6,8H,5,7,9-10H2,(H,24,28)(H,26,27). The van der Waals surface area contributed by atoms with Crippen molar-refractivity contribution in [2.45, 2.75) is 19.1 Å². The van der Waals surface area contributed by atoms with E-state index >= 15 is 0 Å². The quantitative estimate of drug-likeness (QED) is 0.626. The van der Waals surface area contributed by atoms with Gasteiger partial charge in [0.1, 0.15) is 5.82 Å². The van der Waals surface area contributed by atoms with Crippen molar-refractivity contribution in [2.75, 3.05) is 13.2 Å². The number of nitrogens with one attached hydrogen (secondary N) is 2. The molecule has 1 aromatic heterocycles. The Bertz CT molecular complexity index is 878. The summed E-state index contributed by atoms with van der Waals surface area (Å²) in [5, 5.41) is 4.91. The van der Waals surface area contributed by atoms with Crippen molar-refractivity contribution in [2.24, 2.45) is 0 Å². The molecule has 0 unspecified atom stereocenters. The van der Waals surface area contributed by atoms with Gasteiger partial charge in [-0.25, -0.2) is 9.37 Å². The van der Waals surface area contributed by atoms with Gasteiger partial charge in [-0.05, 0) is 24.3 Å². The second kappa shape index (κ2) is 10.1. The molecule has 6 nitrogen and oxygen atoms in total. The molecule has 2 aromatic rings. The zero-order chi connectivity index (χ0) is 21.4. The zero-order valence-corrected chi connectivity index (χ0v) is 15.6. The molecule has 0 aliphatic rings. The van der Waals surface area contributed by atoms with Gasteiger partial charge in [0.05, 0.1) is 10.6 Å². The Labute approximate surface area is 168 Å². The van der Waals surface area contributed by atoms with Gasteiger partial charge in [0.2, 0.25) is 11.8 Å². The Morgan fingerprint density at radius 2 is 1.93 bits per heavy atom. The molecule has 0 saturated heterocycles. The summed E-state index contributed by atoms with van der Waals surface area (Å²) in [5.41, 5.74) is 0.336. The van der Waals surface area contributed by atoms with Gasteiger partial charge in [0.15, 0.2) is 6.61 Å². The first-order valence-electron chi connectivity index (χ1n) is 8.29. The number of ether oxygens (including phenoxy) is 1. The van der Waals surface area contributed by atoms with Crippen molar-refractivity contribution < 1.29 is 31.9 Å². The second-order valence-corrected chi connectivity index (χ2v) is 6.19. The van der Waals surface area contributed by atoms with Crippen LogP contribution in [0.5, 0.6) is 5.88 Å². The van der Waals surface area contributed by atoms with Crippen LogP contribution in [0.25, 0.3) is 0 Å². The maximum Gasteiger partial charge on any atom is 0.422 e. The molecule has 0 aliphatic heterocycles. The molecule has 0 saturated carbocycles. The number of nitrogens with zero attached hydrogens (tertiary/aromatic N) is 1. The van der Waals surface area contributed by atoms with Crippen LogP contribution in [0.15, 0.2) is 36.5 Å². The third-order valence-electron chi connectivity index (χ3n) is 3.51. The SMILES string of the molecule is O=C(CCNC(=O)c1ccc(F)cc1Cl)NCc1cccnc1OCC(F)(F)F. The molecule has 29 heavy (non-hydrogen) atoms. The van der Waals surface area contributed by atoms with E-state index in [-0.39, 0.29) is 41.5 Å². The second-order valence-electron chi connectivity index (χ2n) is 5.78. The van der Waals surface area contributed by atoms with Crippen molar-refractivity contribution in [1.82, 2.24) is 15.6 Å². The number of aromatic nitrogens is 1. The van der Waals surface area contributed by atoms with Crippen LogP contribution in [0, 0.1) is 5.82 Å². The van der Waals surface area contributed by atoms with Crippen molar-refractivity contribution in [3.63, 3.8) is 0 Å². The molecule has 1 aromatic carbocycles. The highest BCUT2D eigenvalue weighted by molar-refractivity contribution is 6.33. The highest BCUT2D eigenvalue weighted by atomic mass is 35.5. The van der Waals surface area contributed by atoms with Crippen molar-refractivity contribution in [1.29, 1.82) is 0 Å². The van der Waals surface area contributed by atoms with Gasteiger partial charge >= 0.3 is 6.18 Å². The van der Waals surface area contributed by atoms with Crippen LogP contribution in [-0.2, 0) is 11.3 Å². The molecule has 0 radical (unpaired) electrons. The molecule has 0 spiro atoms. The van der Waals surface area contributed by atoms with Gasteiger partial charge < -0.3 is 15.4 Å². The lowest BCUT2D eigenvalue weighted by molar-refractivity contribution is -0.154. The summed E-state index contributed by atoms with van der Waals surface area (Å²) in [5.74, 6) is -1.84. The predicted octanol–water partition coefficient (Wildman–Crippen LogP) is 3.25. The molecule has 0 atom stereocenters. The van der Waals surface area contributed by atoms with Crippen LogP contribution >= 0.6 is 11.6 Å². The van der Waals surface area contributed by atoms with Crippen molar-refractivity contribution in [3.8, 4) is 5.88 Å². The summed E-state index contributed by atoms with van der Waals surface area (Å²) in [6.45, 7) is -1.62. The summed E-state index contributed by atoms with van der Waals surface area (Å²) in [7, 11) is 0. The number of halogens is 5. The van der Waals surface area contributed by atoms with Gasteiger partial charge in [0, 0.05) is 31.3 Å². The molecular formula is C18H16ClF4N3O3. The third kappa shape index (κ3) is 7.57. The molecule has 2 N–H and O–H groups in total. The minimum absolute atomic E-state index is 0.0250. The van der Waals surface area contributed by atoms with E-state index in [1.165, 1.54) is 24.4 Å². The summed E-state index contributed by atoms with van der Waals surface area (Å²) in [6.07, 6.45) is -3.33.